The van der Waals surface area contributed by atoms with Crippen molar-refractivity contribution >= 4 is 15.9 Å². The molecule has 6 heteroatoms. The Hall–Kier alpha value is -1.40. The van der Waals surface area contributed by atoms with Gasteiger partial charge in [0.2, 0.25) is 15.9 Å². The highest BCUT2D eigenvalue weighted by molar-refractivity contribution is 7.88. The number of carbonyl (C=O) groups is 1. The predicted octanol–water partition coefficient (Wildman–Crippen LogP) is 2.02. The van der Waals surface area contributed by atoms with E-state index < -0.39 is 10.0 Å². The van der Waals surface area contributed by atoms with Gasteiger partial charge in [-0.15, -0.1) is 0 Å². The van der Waals surface area contributed by atoms with Crippen molar-refractivity contribution in [2.75, 3.05) is 25.9 Å². The van der Waals surface area contributed by atoms with Crippen LogP contribution in [0, 0.1) is 12.8 Å². The Balaban J connectivity index is 2.04. The van der Waals surface area contributed by atoms with Crippen LogP contribution in [0.4, 0.5) is 0 Å². The molecule has 1 amide bonds. The second-order valence-corrected chi connectivity index (χ2v) is 8.56. The fourth-order valence-electron chi connectivity index (χ4n) is 2.70. The average Bonchev–Trinajstić information content (AvgIpc) is 2.48. The van der Waals surface area contributed by atoms with Crippen LogP contribution in [0.25, 0.3) is 0 Å². The normalized spacial score (nSPS) is 16.8. The van der Waals surface area contributed by atoms with Crippen molar-refractivity contribution in [3.8, 4) is 0 Å². The monoisotopic (exact) mass is 338 g/mol. The lowest BCUT2D eigenvalue weighted by Gasteiger charge is -2.32. The van der Waals surface area contributed by atoms with Gasteiger partial charge in [0, 0.05) is 19.6 Å². The number of hydrogen-bond donors (Lipinski definition) is 0. The summed E-state index contributed by atoms with van der Waals surface area (Å²) in [6.07, 6.45) is 3.14. The average molecular weight is 338 g/mol. The molecule has 0 radical (unpaired) electrons. The van der Waals surface area contributed by atoms with E-state index in [1.54, 1.807) is 4.90 Å². The lowest BCUT2D eigenvalue weighted by atomic mass is 9.99. The van der Waals surface area contributed by atoms with Crippen molar-refractivity contribution in [2.45, 2.75) is 33.2 Å². The standard InChI is InChI=1S/C17H26N2O3S/c1-14-4-6-16(7-5-14)12-19(23(3,21)22)13-17(20)18-10-8-15(2)9-11-18/h4-7,15H,8-13H2,1-3H3. The molecule has 1 saturated heterocycles. The van der Waals surface area contributed by atoms with Gasteiger partial charge in [0.05, 0.1) is 12.8 Å². The zero-order chi connectivity index (χ0) is 17.0. The van der Waals surface area contributed by atoms with Crippen molar-refractivity contribution in [2.24, 2.45) is 5.92 Å². The van der Waals surface area contributed by atoms with Gasteiger partial charge in [-0.05, 0) is 31.2 Å². The maximum Gasteiger partial charge on any atom is 0.237 e. The van der Waals surface area contributed by atoms with Crippen molar-refractivity contribution in [1.29, 1.82) is 0 Å². The lowest BCUT2D eigenvalue weighted by molar-refractivity contribution is -0.132. The lowest BCUT2D eigenvalue weighted by Crippen LogP contribution is -2.45. The molecule has 23 heavy (non-hydrogen) atoms. The maximum absolute atomic E-state index is 12.4. The van der Waals surface area contributed by atoms with Crippen LogP contribution in [0.3, 0.4) is 0 Å². The highest BCUT2D eigenvalue weighted by atomic mass is 32.2. The number of carbonyl (C=O) groups excluding carboxylic acids is 1. The number of nitrogens with zero attached hydrogens (tertiary/aromatic N) is 2. The molecule has 0 saturated carbocycles. The molecular formula is C17H26N2O3S. The summed E-state index contributed by atoms with van der Waals surface area (Å²) in [4.78, 5) is 14.2. The van der Waals surface area contributed by atoms with Crippen LogP contribution in [-0.4, -0.2) is 49.4 Å². The van der Waals surface area contributed by atoms with E-state index >= 15 is 0 Å². The van der Waals surface area contributed by atoms with E-state index in [1.807, 2.05) is 31.2 Å². The number of hydrogen-bond acceptors (Lipinski definition) is 3. The summed E-state index contributed by atoms with van der Waals surface area (Å²) in [6.45, 7) is 5.77. The number of aryl methyl sites for hydroxylation is 1. The van der Waals surface area contributed by atoms with Crippen LogP contribution in [0.5, 0.6) is 0 Å². The van der Waals surface area contributed by atoms with Crippen LogP contribution >= 0.6 is 0 Å². The number of likely N-dealkylation sites (tertiary alicyclic amines) is 1. The van der Waals surface area contributed by atoms with Crippen LogP contribution < -0.4 is 0 Å². The number of rotatable bonds is 5. The first-order chi connectivity index (χ1) is 10.8. The molecule has 5 nitrogen and oxygen atoms in total. The molecule has 0 bridgehead atoms. The van der Waals surface area contributed by atoms with Gasteiger partial charge in [0.1, 0.15) is 0 Å². The predicted molar refractivity (Wildman–Crippen MR) is 91.4 cm³/mol. The highest BCUT2D eigenvalue weighted by Gasteiger charge is 2.26. The van der Waals surface area contributed by atoms with Gasteiger partial charge in [-0.3, -0.25) is 4.79 Å². The molecule has 1 aromatic carbocycles. The van der Waals surface area contributed by atoms with E-state index in [-0.39, 0.29) is 19.0 Å². The van der Waals surface area contributed by atoms with Gasteiger partial charge in [-0.25, -0.2) is 8.42 Å². The summed E-state index contributed by atoms with van der Waals surface area (Å²) < 4.78 is 25.3. The first-order valence-electron chi connectivity index (χ1n) is 8.04. The van der Waals surface area contributed by atoms with Crippen LogP contribution in [0.2, 0.25) is 0 Å². The molecule has 2 rings (SSSR count). The largest absolute Gasteiger partial charge is 0.342 e. The SMILES string of the molecule is Cc1ccc(CN(CC(=O)N2CCC(C)CC2)S(C)(=O)=O)cc1. The third-order valence-corrected chi connectivity index (χ3v) is 5.59. The van der Waals surface area contributed by atoms with Crippen molar-refractivity contribution < 1.29 is 13.2 Å². The van der Waals surface area contributed by atoms with E-state index in [0.29, 0.717) is 5.92 Å². The van der Waals surface area contributed by atoms with Gasteiger partial charge in [-0.2, -0.15) is 4.31 Å². The quantitative estimate of drug-likeness (QED) is 0.825. The van der Waals surface area contributed by atoms with Crippen molar-refractivity contribution in [3.05, 3.63) is 35.4 Å². The Morgan fingerprint density at radius 2 is 1.78 bits per heavy atom. The fourth-order valence-corrected chi connectivity index (χ4v) is 3.42. The first kappa shape index (κ1) is 17.9. The maximum atomic E-state index is 12.4. The molecule has 1 heterocycles. The first-order valence-corrected chi connectivity index (χ1v) is 9.89. The fraction of sp³-hybridized carbons (Fsp3) is 0.588. The third-order valence-electron chi connectivity index (χ3n) is 4.40. The molecule has 128 valence electrons. The summed E-state index contributed by atoms with van der Waals surface area (Å²) in [5, 5.41) is 0. The second kappa shape index (κ2) is 7.45. The molecule has 1 aromatic rings. The van der Waals surface area contributed by atoms with Crippen LogP contribution in [-0.2, 0) is 21.4 Å². The molecular weight excluding hydrogens is 312 g/mol. The summed E-state index contributed by atoms with van der Waals surface area (Å²) in [5.74, 6) is 0.534. The Labute approximate surface area is 139 Å². The molecule has 0 atom stereocenters. The summed E-state index contributed by atoms with van der Waals surface area (Å²) in [5.41, 5.74) is 2.01. The molecule has 0 spiro atoms. The zero-order valence-electron chi connectivity index (χ0n) is 14.2. The van der Waals surface area contributed by atoms with E-state index in [2.05, 4.69) is 6.92 Å². The Kier molecular flexibility index (Phi) is 5.81. The van der Waals surface area contributed by atoms with E-state index in [9.17, 15) is 13.2 Å². The van der Waals surface area contributed by atoms with Gasteiger partial charge < -0.3 is 4.90 Å². The Morgan fingerprint density at radius 1 is 1.22 bits per heavy atom. The van der Waals surface area contributed by atoms with Gasteiger partial charge in [0.25, 0.3) is 0 Å². The van der Waals surface area contributed by atoms with Gasteiger partial charge >= 0.3 is 0 Å². The van der Waals surface area contributed by atoms with Crippen molar-refractivity contribution in [3.63, 3.8) is 0 Å². The smallest absolute Gasteiger partial charge is 0.237 e. The summed E-state index contributed by atoms with van der Waals surface area (Å²) in [7, 11) is -3.43. The molecule has 0 N–H and O–H groups in total. The second-order valence-electron chi connectivity index (χ2n) is 6.58. The van der Waals surface area contributed by atoms with Gasteiger partial charge in [-0.1, -0.05) is 36.8 Å². The molecule has 0 unspecified atom stereocenters. The minimum atomic E-state index is -3.43. The molecule has 0 aromatic heterocycles. The highest BCUT2D eigenvalue weighted by Crippen LogP contribution is 2.17. The van der Waals surface area contributed by atoms with E-state index in [0.717, 1.165) is 43.3 Å². The minimum absolute atomic E-state index is 0.0823. The molecule has 1 fully saturated rings. The molecule has 0 aliphatic carbocycles. The minimum Gasteiger partial charge on any atom is -0.342 e. The van der Waals surface area contributed by atoms with E-state index in [1.165, 1.54) is 4.31 Å². The van der Waals surface area contributed by atoms with Gasteiger partial charge in [0.15, 0.2) is 0 Å². The topological polar surface area (TPSA) is 57.7 Å². The van der Waals surface area contributed by atoms with Crippen LogP contribution in [0.1, 0.15) is 30.9 Å². The summed E-state index contributed by atoms with van der Waals surface area (Å²) >= 11 is 0. The van der Waals surface area contributed by atoms with E-state index in [4.69, 9.17) is 0 Å². The third kappa shape index (κ3) is 5.32. The number of benzene rings is 1. The number of amides is 1. The molecule has 1 aliphatic rings. The zero-order valence-corrected chi connectivity index (χ0v) is 15.0. The number of piperidine rings is 1. The Morgan fingerprint density at radius 3 is 2.30 bits per heavy atom. The Bertz CT molecular complexity index is 632. The molecule has 1 aliphatic heterocycles. The van der Waals surface area contributed by atoms with Crippen LogP contribution in [0.15, 0.2) is 24.3 Å². The summed E-state index contributed by atoms with van der Waals surface area (Å²) in [6, 6.07) is 7.70. The van der Waals surface area contributed by atoms with Crippen molar-refractivity contribution in [1.82, 2.24) is 9.21 Å². The number of sulfonamides is 1.